The second-order valence-electron chi connectivity index (χ2n) is 6.92. The summed E-state index contributed by atoms with van der Waals surface area (Å²) in [4.78, 5) is 32.1. The maximum atomic E-state index is 13.3. The molecule has 154 valence electrons. The summed E-state index contributed by atoms with van der Waals surface area (Å²) in [6, 6.07) is 10.9. The third kappa shape index (κ3) is 4.73. The first kappa shape index (κ1) is 20.8. The molecule has 2 aromatic rings. The van der Waals surface area contributed by atoms with Crippen molar-refractivity contribution in [1.82, 2.24) is 19.1 Å². The van der Waals surface area contributed by atoms with E-state index >= 15 is 0 Å². The van der Waals surface area contributed by atoms with Gasteiger partial charge in [0.1, 0.15) is 0 Å². The SMILES string of the molecule is CC(=O)N1CCN(C(=O)N(Cc2ccccn2)S(=O)(=O)c2ccc(C)cc2)CC1. The van der Waals surface area contributed by atoms with Gasteiger partial charge >= 0.3 is 6.03 Å². The first-order valence-electron chi connectivity index (χ1n) is 9.33. The second-order valence-corrected chi connectivity index (χ2v) is 8.78. The quantitative estimate of drug-likeness (QED) is 0.759. The second kappa shape index (κ2) is 8.60. The van der Waals surface area contributed by atoms with Gasteiger partial charge in [0.15, 0.2) is 0 Å². The summed E-state index contributed by atoms with van der Waals surface area (Å²) < 4.78 is 27.4. The van der Waals surface area contributed by atoms with Gasteiger partial charge < -0.3 is 9.80 Å². The van der Waals surface area contributed by atoms with E-state index in [1.165, 1.54) is 24.0 Å². The number of pyridine rings is 1. The number of rotatable bonds is 4. The maximum absolute atomic E-state index is 13.3. The van der Waals surface area contributed by atoms with Crippen LogP contribution in [-0.2, 0) is 21.4 Å². The average molecular weight is 417 g/mol. The first-order valence-corrected chi connectivity index (χ1v) is 10.8. The van der Waals surface area contributed by atoms with E-state index in [9.17, 15) is 18.0 Å². The number of urea groups is 1. The van der Waals surface area contributed by atoms with E-state index in [2.05, 4.69) is 4.98 Å². The number of aryl methyl sites for hydroxylation is 1. The topological polar surface area (TPSA) is 90.9 Å². The normalized spacial score (nSPS) is 14.6. The summed E-state index contributed by atoms with van der Waals surface area (Å²) in [6.45, 7) is 4.49. The lowest BCUT2D eigenvalue weighted by Crippen LogP contribution is -2.54. The molecule has 0 spiro atoms. The summed E-state index contributed by atoms with van der Waals surface area (Å²) in [5, 5.41) is 0. The Morgan fingerprint density at radius 1 is 1.00 bits per heavy atom. The third-order valence-electron chi connectivity index (χ3n) is 4.85. The zero-order valence-electron chi connectivity index (χ0n) is 16.5. The van der Waals surface area contributed by atoms with Crippen LogP contribution in [0.5, 0.6) is 0 Å². The zero-order chi connectivity index (χ0) is 21.0. The number of hydrogen-bond acceptors (Lipinski definition) is 5. The molecule has 8 nitrogen and oxygen atoms in total. The molecule has 1 aliphatic heterocycles. The van der Waals surface area contributed by atoms with E-state index in [1.807, 2.05) is 6.92 Å². The summed E-state index contributed by atoms with van der Waals surface area (Å²) in [7, 11) is -4.07. The van der Waals surface area contributed by atoms with Crippen molar-refractivity contribution in [1.29, 1.82) is 0 Å². The fourth-order valence-corrected chi connectivity index (χ4v) is 4.46. The van der Waals surface area contributed by atoms with Gasteiger partial charge in [0.05, 0.1) is 17.1 Å². The van der Waals surface area contributed by atoms with Crippen LogP contribution in [0, 0.1) is 6.92 Å². The molecule has 0 unspecified atom stereocenters. The van der Waals surface area contributed by atoms with Crippen molar-refractivity contribution in [3.63, 3.8) is 0 Å². The summed E-state index contributed by atoms with van der Waals surface area (Å²) in [5.74, 6) is -0.0604. The Morgan fingerprint density at radius 3 is 2.17 bits per heavy atom. The van der Waals surface area contributed by atoms with Crippen LogP contribution >= 0.6 is 0 Å². The van der Waals surface area contributed by atoms with Gasteiger partial charge in [-0.1, -0.05) is 23.8 Å². The third-order valence-corrected chi connectivity index (χ3v) is 6.58. The molecule has 1 aromatic heterocycles. The van der Waals surface area contributed by atoms with Gasteiger partial charge in [-0.05, 0) is 31.2 Å². The van der Waals surface area contributed by atoms with E-state index in [1.54, 1.807) is 41.4 Å². The highest BCUT2D eigenvalue weighted by Gasteiger charge is 2.34. The predicted molar refractivity (Wildman–Crippen MR) is 107 cm³/mol. The Labute approximate surface area is 170 Å². The van der Waals surface area contributed by atoms with Gasteiger partial charge in [-0.25, -0.2) is 17.5 Å². The number of benzene rings is 1. The number of carbonyl (C=O) groups is 2. The van der Waals surface area contributed by atoms with E-state index in [0.717, 1.165) is 9.87 Å². The molecule has 1 aliphatic rings. The van der Waals surface area contributed by atoms with Gasteiger partial charge in [-0.15, -0.1) is 0 Å². The van der Waals surface area contributed by atoms with Crippen LogP contribution in [-0.4, -0.2) is 65.6 Å². The van der Waals surface area contributed by atoms with Crippen molar-refractivity contribution in [3.8, 4) is 0 Å². The monoisotopic (exact) mass is 416 g/mol. The Balaban J connectivity index is 1.90. The zero-order valence-corrected chi connectivity index (χ0v) is 17.3. The Kier molecular flexibility index (Phi) is 6.17. The molecule has 0 radical (unpaired) electrons. The minimum atomic E-state index is -4.07. The lowest BCUT2D eigenvalue weighted by molar-refractivity contribution is -0.130. The molecule has 9 heteroatoms. The average Bonchev–Trinajstić information content (AvgIpc) is 2.72. The minimum absolute atomic E-state index is 0.0507. The lowest BCUT2D eigenvalue weighted by Gasteiger charge is -2.36. The molecule has 3 rings (SSSR count). The number of aromatic nitrogens is 1. The van der Waals surface area contributed by atoms with Crippen LogP contribution in [0.1, 0.15) is 18.2 Å². The van der Waals surface area contributed by atoms with Crippen molar-refractivity contribution in [3.05, 3.63) is 59.9 Å². The number of nitrogens with zero attached hydrogens (tertiary/aromatic N) is 4. The van der Waals surface area contributed by atoms with E-state index < -0.39 is 16.1 Å². The highest BCUT2D eigenvalue weighted by molar-refractivity contribution is 7.89. The van der Waals surface area contributed by atoms with Gasteiger partial charge in [-0.2, -0.15) is 0 Å². The van der Waals surface area contributed by atoms with Gasteiger partial charge in [0.25, 0.3) is 10.0 Å². The summed E-state index contributed by atoms with van der Waals surface area (Å²) in [5.41, 5.74) is 1.39. The molecule has 0 aliphatic carbocycles. The molecule has 1 aromatic carbocycles. The van der Waals surface area contributed by atoms with Crippen LogP contribution < -0.4 is 0 Å². The fraction of sp³-hybridized carbons (Fsp3) is 0.350. The molecule has 1 fully saturated rings. The van der Waals surface area contributed by atoms with Crippen LogP contribution in [0.2, 0.25) is 0 Å². The van der Waals surface area contributed by atoms with Crippen LogP contribution in [0.3, 0.4) is 0 Å². The number of sulfonamides is 1. The number of amides is 3. The molecular weight excluding hydrogens is 392 g/mol. The molecule has 1 saturated heterocycles. The molecule has 0 saturated carbocycles. The molecule has 2 heterocycles. The van der Waals surface area contributed by atoms with Crippen molar-refractivity contribution < 1.29 is 18.0 Å². The molecule has 0 N–H and O–H groups in total. The van der Waals surface area contributed by atoms with E-state index in [0.29, 0.717) is 18.8 Å². The standard InChI is InChI=1S/C20H24N4O4S/c1-16-6-8-19(9-7-16)29(27,28)24(15-18-5-3-4-10-21-18)20(26)23-13-11-22(12-14-23)17(2)25/h3-10H,11-15H2,1-2H3. The lowest BCUT2D eigenvalue weighted by atomic mass is 10.2. The number of hydrogen-bond donors (Lipinski definition) is 0. The minimum Gasteiger partial charge on any atom is -0.339 e. The predicted octanol–water partition coefficient (Wildman–Crippen LogP) is 1.87. The number of piperazine rings is 1. The molecule has 29 heavy (non-hydrogen) atoms. The van der Waals surface area contributed by atoms with Gasteiger partial charge in [-0.3, -0.25) is 9.78 Å². The summed E-state index contributed by atoms with van der Waals surface area (Å²) >= 11 is 0. The van der Waals surface area contributed by atoms with Crippen molar-refractivity contribution >= 4 is 22.0 Å². The smallest absolute Gasteiger partial charge is 0.334 e. The van der Waals surface area contributed by atoms with E-state index in [-0.39, 0.29) is 30.4 Å². The van der Waals surface area contributed by atoms with Crippen molar-refractivity contribution in [2.75, 3.05) is 26.2 Å². The largest absolute Gasteiger partial charge is 0.339 e. The van der Waals surface area contributed by atoms with Crippen molar-refractivity contribution in [2.24, 2.45) is 0 Å². The Hall–Kier alpha value is -2.94. The molecular formula is C20H24N4O4S. The molecule has 0 bridgehead atoms. The van der Waals surface area contributed by atoms with Crippen LogP contribution in [0.25, 0.3) is 0 Å². The molecule has 0 atom stereocenters. The van der Waals surface area contributed by atoms with E-state index in [4.69, 9.17) is 0 Å². The fourth-order valence-electron chi connectivity index (χ4n) is 3.10. The highest BCUT2D eigenvalue weighted by atomic mass is 32.2. The van der Waals surface area contributed by atoms with Crippen LogP contribution in [0.15, 0.2) is 53.6 Å². The Morgan fingerprint density at radius 2 is 1.62 bits per heavy atom. The van der Waals surface area contributed by atoms with Gasteiger partial charge in [0.2, 0.25) is 5.91 Å². The van der Waals surface area contributed by atoms with Crippen molar-refractivity contribution in [2.45, 2.75) is 25.3 Å². The molecule has 3 amide bonds. The summed E-state index contributed by atoms with van der Waals surface area (Å²) in [6.07, 6.45) is 1.56. The number of carbonyl (C=O) groups excluding carboxylic acids is 2. The van der Waals surface area contributed by atoms with Gasteiger partial charge in [0, 0.05) is 39.3 Å². The highest BCUT2D eigenvalue weighted by Crippen LogP contribution is 2.21. The van der Waals surface area contributed by atoms with Crippen LogP contribution in [0.4, 0.5) is 4.79 Å². The maximum Gasteiger partial charge on any atom is 0.334 e. The first-order chi connectivity index (χ1) is 13.8. The Bertz CT molecular complexity index is 969.